The van der Waals surface area contributed by atoms with Gasteiger partial charge in [0.15, 0.2) is 0 Å². The van der Waals surface area contributed by atoms with Crippen molar-refractivity contribution in [3.05, 3.63) is 29.3 Å². The number of fused-ring (bicyclic) bond motifs is 1. The van der Waals surface area contributed by atoms with E-state index >= 15 is 0 Å². The lowest BCUT2D eigenvalue weighted by atomic mass is 9.48. The fourth-order valence-electron chi connectivity index (χ4n) is 6.93. The number of benzene rings is 1. The summed E-state index contributed by atoms with van der Waals surface area (Å²) in [6, 6.07) is 8.13. The zero-order valence-electron chi connectivity index (χ0n) is 17.0. The Bertz CT molecular complexity index is 971. The van der Waals surface area contributed by atoms with Crippen LogP contribution in [0.15, 0.2) is 24.3 Å². The van der Waals surface area contributed by atoms with Crippen LogP contribution >= 0.6 is 11.3 Å². The Labute approximate surface area is 179 Å². The van der Waals surface area contributed by atoms with Crippen molar-refractivity contribution >= 4 is 33.6 Å². The minimum absolute atomic E-state index is 0.00342. The largest absolute Gasteiger partial charge is 0.445 e. The summed E-state index contributed by atoms with van der Waals surface area (Å²) in [4.78, 5) is 32.1. The first kappa shape index (κ1) is 18.6. The Morgan fingerprint density at radius 2 is 1.93 bits per heavy atom. The molecule has 3 atom stereocenters. The molecule has 4 saturated carbocycles. The van der Waals surface area contributed by atoms with Crippen LogP contribution < -0.4 is 5.73 Å². The van der Waals surface area contributed by atoms with Crippen LogP contribution in [0.25, 0.3) is 10.2 Å². The summed E-state index contributed by atoms with van der Waals surface area (Å²) in [7, 11) is 0. The molecule has 1 aromatic carbocycles. The van der Waals surface area contributed by atoms with Gasteiger partial charge in [-0.25, -0.2) is 9.78 Å². The quantitative estimate of drug-likeness (QED) is 0.797. The van der Waals surface area contributed by atoms with Crippen molar-refractivity contribution in [2.24, 2.45) is 28.9 Å². The molecular formula is C23H27N3O3S. The zero-order valence-corrected chi connectivity index (χ0v) is 17.8. The average molecular weight is 426 g/mol. The van der Waals surface area contributed by atoms with Crippen LogP contribution in [0, 0.1) is 23.2 Å². The summed E-state index contributed by atoms with van der Waals surface area (Å²) >= 11 is 1.68. The van der Waals surface area contributed by atoms with E-state index in [0.29, 0.717) is 5.92 Å². The number of rotatable bonds is 3. The molecule has 4 bridgehead atoms. The van der Waals surface area contributed by atoms with Gasteiger partial charge in [-0.05, 0) is 74.8 Å². The molecule has 158 valence electrons. The fraction of sp³-hybridized carbons (Fsp3) is 0.609. The maximum Gasteiger partial charge on any atom is 0.410 e. The van der Waals surface area contributed by atoms with Crippen LogP contribution in [0.2, 0.25) is 0 Å². The van der Waals surface area contributed by atoms with Gasteiger partial charge in [0.05, 0.1) is 21.7 Å². The number of nitrogens with zero attached hydrogens (tertiary/aromatic N) is 2. The van der Waals surface area contributed by atoms with Gasteiger partial charge >= 0.3 is 6.09 Å². The lowest BCUT2D eigenvalue weighted by Crippen LogP contribution is -2.59. The van der Waals surface area contributed by atoms with E-state index in [9.17, 15) is 9.59 Å². The second-order valence-electron chi connectivity index (χ2n) is 9.83. The van der Waals surface area contributed by atoms with Gasteiger partial charge in [-0.2, -0.15) is 0 Å². The first-order valence-corrected chi connectivity index (χ1v) is 12.0. The highest BCUT2D eigenvalue weighted by molar-refractivity contribution is 7.18. The van der Waals surface area contributed by atoms with Gasteiger partial charge in [-0.3, -0.25) is 9.69 Å². The number of carbonyl (C=O) groups excluding carboxylic acids is 2. The van der Waals surface area contributed by atoms with Crippen LogP contribution in [0.4, 0.5) is 4.79 Å². The normalized spacial score (nSPS) is 37.1. The van der Waals surface area contributed by atoms with Crippen LogP contribution in [-0.4, -0.2) is 34.5 Å². The molecule has 30 heavy (non-hydrogen) atoms. The Kier molecular flexibility index (Phi) is 4.14. The van der Waals surface area contributed by atoms with Crippen LogP contribution in [0.3, 0.4) is 0 Å². The van der Waals surface area contributed by atoms with Crippen LogP contribution in [0.1, 0.15) is 56.0 Å². The number of carbonyl (C=O) groups is 2. The van der Waals surface area contributed by atoms with Gasteiger partial charge in [-0.1, -0.05) is 12.1 Å². The van der Waals surface area contributed by atoms with Crippen LogP contribution in [-0.2, 0) is 9.53 Å². The van der Waals surface area contributed by atoms with Gasteiger partial charge in [0, 0.05) is 6.54 Å². The molecule has 5 fully saturated rings. The second kappa shape index (κ2) is 6.67. The van der Waals surface area contributed by atoms with Crippen molar-refractivity contribution < 1.29 is 14.3 Å². The molecule has 2 heterocycles. The molecule has 6 nitrogen and oxygen atoms in total. The predicted octanol–water partition coefficient (Wildman–Crippen LogP) is 4.25. The Hall–Kier alpha value is -2.15. The lowest BCUT2D eigenvalue weighted by Gasteiger charge is -2.58. The molecule has 1 saturated heterocycles. The van der Waals surface area contributed by atoms with E-state index < -0.39 is 0 Å². The number of ether oxygens (including phenoxy) is 1. The maximum absolute atomic E-state index is 13.2. The molecule has 7 rings (SSSR count). The van der Waals surface area contributed by atoms with Crippen molar-refractivity contribution in [1.82, 2.24) is 9.88 Å². The van der Waals surface area contributed by atoms with E-state index in [-0.39, 0.29) is 41.4 Å². The SMILES string of the molecule is NC(=O)C12CC3CC(C1)C(OC(=O)N1CCCC1c1nc4ccccc4s1)C(C3)C2. The number of para-hydroxylation sites is 1. The Morgan fingerprint density at radius 1 is 1.17 bits per heavy atom. The summed E-state index contributed by atoms with van der Waals surface area (Å²) in [5.74, 6) is 0.960. The summed E-state index contributed by atoms with van der Waals surface area (Å²) < 4.78 is 7.33. The molecule has 3 unspecified atom stereocenters. The number of amides is 2. The van der Waals surface area contributed by atoms with Gasteiger partial charge in [0.1, 0.15) is 11.1 Å². The monoisotopic (exact) mass is 425 g/mol. The smallest absolute Gasteiger partial charge is 0.410 e. The molecule has 7 heteroatoms. The number of nitrogens with two attached hydrogens (primary N) is 1. The molecule has 2 amide bonds. The van der Waals surface area contributed by atoms with E-state index in [0.717, 1.165) is 66.7 Å². The molecule has 2 aromatic rings. The van der Waals surface area contributed by atoms with Gasteiger partial charge < -0.3 is 10.5 Å². The third-order valence-corrected chi connectivity index (χ3v) is 9.17. The second-order valence-corrected chi connectivity index (χ2v) is 10.9. The summed E-state index contributed by atoms with van der Waals surface area (Å²) in [6.07, 6.45) is 6.25. The molecule has 4 aliphatic carbocycles. The third-order valence-electron chi connectivity index (χ3n) is 8.03. The van der Waals surface area contributed by atoms with Crippen molar-refractivity contribution in [3.63, 3.8) is 0 Å². The zero-order chi connectivity index (χ0) is 20.5. The van der Waals surface area contributed by atoms with Crippen molar-refractivity contribution in [2.45, 2.75) is 57.1 Å². The predicted molar refractivity (Wildman–Crippen MR) is 114 cm³/mol. The maximum atomic E-state index is 13.2. The van der Waals surface area contributed by atoms with Crippen molar-refractivity contribution in [1.29, 1.82) is 0 Å². The summed E-state index contributed by atoms with van der Waals surface area (Å²) in [5.41, 5.74) is 6.44. The van der Waals surface area contributed by atoms with E-state index in [4.69, 9.17) is 15.5 Å². The molecule has 1 aromatic heterocycles. The summed E-state index contributed by atoms with van der Waals surface area (Å²) in [5, 5.41) is 1.00. The first-order chi connectivity index (χ1) is 14.5. The van der Waals surface area contributed by atoms with E-state index in [1.54, 1.807) is 11.3 Å². The standard InChI is InChI=1S/C23H27N3O3S/c24-21(27)23-10-13-8-14(11-23)19(15(9-13)12-23)29-22(28)26-7-3-5-17(26)20-25-16-4-1-2-6-18(16)30-20/h1-2,4,6,13-15,17,19H,3,5,7-12H2,(H2,24,27). The molecule has 5 aliphatic rings. The Balaban J connectivity index is 1.20. The highest BCUT2D eigenvalue weighted by atomic mass is 32.1. The van der Waals surface area contributed by atoms with Crippen molar-refractivity contribution in [3.8, 4) is 0 Å². The van der Waals surface area contributed by atoms with Gasteiger partial charge in [0.2, 0.25) is 5.91 Å². The van der Waals surface area contributed by atoms with Gasteiger partial charge in [-0.15, -0.1) is 11.3 Å². The van der Waals surface area contributed by atoms with E-state index in [1.165, 1.54) is 0 Å². The van der Waals surface area contributed by atoms with E-state index in [2.05, 4.69) is 6.07 Å². The van der Waals surface area contributed by atoms with E-state index in [1.807, 2.05) is 23.1 Å². The third kappa shape index (κ3) is 2.77. The number of aromatic nitrogens is 1. The molecule has 1 aliphatic heterocycles. The lowest BCUT2D eigenvalue weighted by molar-refractivity contribution is -0.161. The number of thiazole rings is 1. The molecular weight excluding hydrogens is 398 g/mol. The highest BCUT2D eigenvalue weighted by Gasteiger charge is 2.59. The molecule has 2 N–H and O–H groups in total. The Morgan fingerprint density at radius 3 is 2.67 bits per heavy atom. The van der Waals surface area contributed by atoms with Crippen LogP contribution in [0.5, 0.6) is 0 Å². The summed E-state index contributed by atoms with van der Waals surface area (Å²) in [6.45, 7) is 0.718. The number of hydrogen-bond donors (Lipinski definition) is 1. The average Bonchev–Trinajstić information content (AvgIpc) is 3.36. The molecule has 0 spiro atoms. The number of likely N-dealkylation sites (tertiary alicyclic amines) is 1. The topological polar surface area (TPSA) is 85.5 Å². The fourth-order valence-corrected chi connectivity index (χ4v) is 8.05. The number of primary amides is 1. The number of hydrogen-bond acceptors (Lipinski definition) is 5. The minimum atomic E-state index is -0.351. The minimum Gasteiger partial charge on any atom is -0.445 e. The van der Waals surface area contributed by atoms with Gasteiger partial charge in [0.25, 0.3) is 0 Å². The van der Waals surface area contributed by atoms with Crippen molar-refractivity contribution in [2.75, 3.05) is 6.54 Å². The first-order valence-electron chi connectivity index (χ1n) is 11.1. The highest BCUT2D eigenvalue weighted by Crippen LogP contribution is 2.60. The molecule has 0 radical (unpaired) electrons.